The van der Waals surface area contributed by atoms with E-state index in [1.165, 1.54) is 29.3 Å². The summed E-state index contributed by atoms with van der Waals surface area (Å²) in [6.45, 7) is -1.56. The Bertz CT molecular complexity index is 1560. The number of carbonyl (C=O) groups excluding carboxylic acids is 1. The van der Waals surface area contributed by atoms with E-state index >= 15 is 0 Å². The second-order valence-corrected chi connectivity index (χ2v) is 9.18. The summed E-state index contributed by atoms with van der Waals surface area (Å²) >= 11 is 0. The number of hydrogen-bond donors (Lipinski definition) is 2. The van der Waals surface area contributed by atoms with Gasteiger partial charge in [-0.05, 0) is 72.3 Å². The van der Waals surface area contributed by atoms with E-state index in [2.05, 4.69) is 15.5 Å². The van der Waals surface area contributed by atoms with Crippen LogP contribution in [0.1, 0.15) is 11.1 Å². The van der Waals surface area contributed by atoms with Crippen molar-refractivity contribution >= 4 is 23.0 Å². The fourth-order valence-corrected chi connectivity index (χ4v) is 4.54. The molecule has 2 heterocycles. The third kappa shape index (κ3) is 6.01. The fraction of sp³-hybridized carbons (Fsp3) is 0.129. The molecule has 0 fully saturated rings. The molecule has 2 N–H and O–H groups in total. The molecule has 0 aliphatic carbocycles. The minimum atomic E-state index is -2.89. The molecule has 0 atom stereocenters. The number of ether oxygens (including phenoxy) is 4. The molecule has 208 valence electrons. The van der Waals surface area contributed by atoms with Crippen molar-refractivity contribution in [1.29, 1.82) is 0 Å². The van der Waals surface area contributed by atoms with Gasteiger partial charge in [-0.1, -0.05) is 30.3 Å². The van der Waals surface area contributed by atoms with Gasteiger partial charge in [0.1, 0.15) is 30.5 Å². The van der Waals surface area contributed by atoms with Crippen LogP contribution in [0.15, 0.2) is 97.1 Å². The standard InChI is InChI=1S/C31H25F2N3O5/c32-30(33)41-25-13-11-24(12-14-25)40-23-9-7-22(8-10-23)34-31(37)36-19-26(20-4-2-1-3-5-20)29(35-36)21-6-15-27-28(18-21)39-17-16-38-27/h1-15,18,30,35H,16-17,19H2,(H,34,37). The molecule has 0 radical (unpaired) electrons. The molecule has 0 aromatic heterocycles. The lowest BCUT2D eigenvalue weighted by Gasteiger charge is -2.21. The maximum absolute atomic E-state index is 13.3. The molecule has 0 saturated carbocycles. The fourth-order valence-electron chi connectivity index (χ4n) is 4.54. The average Bonchev–Trinajstić information content (AvgIpc) is 3.45. The van der Waals surface area contributed by atoms with Gasteiger partial charge < -0.3 is 24.3 Å². The Morgan fingerprint density at radius 2 is 1.46 bits per heavy atom. The number of amides is 2. The molecule has 10 heteroatoms. The van der Waals surface area contributed by atoms with Gasteiger partial charge in [0.25, 0.3) is 0 Å². The second-order valence-electron chi connectivity index (χ2n) is 9.18. The van der Waals surface area contributed by atoms with Crippen LogP contribution in [0.25, 0.3) is 11.3 Å². The SMILES string of the molecule is O=C(Nc1ccc(Oc2ccc(OC(F)F)cc2)cc1)N1CC(c2ccccc2)=C(c2ccc3c(c2)OCCO3)N1. The van der Waals surface area contributed by atoms with Gasteiger partial charge in [0, 0.05) is 16.8 Å². The summed E-state index contributed by atoms with van der Waals surface area (Å²) < 4.78 is 46.2. The highest BCUT2D eigenvalue weighted by molar-refractivity contribution is 5.98. The van der Waals surface area contributed by atoms with Gasteiger partial charge in [-0.15, -0.1) is 0 Å². The molecule has 2 aliphatic heterocycles. The summed E-state index contributed by atoms with van der Waals surface area (Å²) in [7, 11) is 0. The van der Waals surface area contributed by atoms with Gasteiger partial charge in [-0.25, -0.2) is 9.80 Å². The number of benzene rings is 4. The highest BCUT2D eigenvalue weighted by atomic mass is 19.3. The summed E-state index contributed by atoms with van der Waals surface area (Å²) in [4.78, 5) is 13.3. The molecule has 0 spiro atoms. The lowest BCUT2D eigenvalue weighted by Crippen LogP contribution is -2.40. The minimum Gasteiger partial charge on any atom is -0.486 e. The number of rotatable bonds is 7. The molecular formula is C31H25F2N3O5. The molecular weight excluding hydrogens is 532 g/mol. The quantitative estimate of drug-likeness (QED) is 0.261. The second kappa shape index (κ2) is 11.5. The summed E-state index contributed by atoms with van der Waals surface area (Å²) in [6.07, 6.45) is 0. The number of hydrazine groups is 1. The van der Waals surface area contributed by atoms with Crippen LogP contribution in [0.4, 0.5) is 19.3 Å². The largest absolute Gasteiger partial charge is 0.486 e. The maximum Gasteiger partial charge on any atom is 0.387 e. The molecule has 0 unspecified atom stereocenters. The predicted molar refractivity (Wildman–Crippen MR) is 149 cm³/mol. The number of nitrogens with one attached hydrogen (secondary N) is 2. The van der Waals surface area contributed by atoms with E-state index < -0.39 is 6.61 Å². The number of halogens is 2. The Morgan fingerprint density at radius 3 is 2.17 bits per heavy atom. The van der Waals surface area contributed by atoms with E-state index in [1.54, 1.807) is 24.3 Å². The van der Waals surface area contributed by atoms with Crippen LogP contribution in [0.3, 0.4) is 0 Å². The predicted octanol–water partition coefficient (Wildman–Crippen LogP) is 6.77. The highest BCUT2D eigenvalue weighted by Crippen LogP contribution is 2.37. The van der Waals surface area contributed by atoms with Crippen molar-refractivity contribution in [1.82, 2.24) is 10.4 Å². The van der Waals surface area contributed by atoms with Crippen LogP contribution < -0.4 is 29.7 Å². The first-order valence-electron chi connectivity index (χ1n) is 12.9. The zero-order valence-electron chi connectivity index (χ0n) is 21.7. The first-order valence-corrected chi connectivity index (χ1v) is 12.9. The topological polar surface area (TPSA) is 81.3 Å². The van der Waals surface area contributed by atoms with Crippen LogP contribution >= 0.6 is 0 Å². The Kier molecular flexibility index (Phi) is 7.27. The molecule has 2 amide bonds. The maximum atomic E-state index is 13.3. The van der Waals surface area contributed by atoms with Crippen LogP contribution in [0, 0.1) is 0 Å². The van der Waals surface area contributed by atoms with E-state index in [4.69, 9.17) is 14.2 Å². The highest BCUT2D eigenvalue weighted by Gasteiger charge is 2.28. The van der Waals surface area contributed by atoms with Crippen LogP contribution in [0.2, 0.25) is 0 Å². The number of hydrogen-bond acceptors (Lipinski definition) is 6. The number of nitrogens with zero attached hydrogens (tertiary/aromatic N) is 1. The Hall–Kier alpha value is -5.25. The summed E-state index contributed by atoms with van der Waals surface area (Å²) in [5, 5.41) is 4.42. The van der Waals surface area contributed by atoms with Gasteiger partial charge >= 0.3 is 12.6 Å². The number of anilines is 1. The lowest BCUT2D eigenvalue weighted by molar-refractivity contribution is -0.0498. The lowest BCUT2D eigenvalue weighted by atomic mass is 10.0. The van der Waals surface area contributed by atoms with Crippen LogP contribution in [0.5, 0.6) is 28.7 Å². The van der Waals surface area contributed by atoms with Gasteiger partial charge in [-0.3, -0.25) is 5.43 Å². The minimum absolute atomic E-state index is 0.0444. The number of fused-ring (bicyclic) bond motifs is 1. The van der Waals surface area contributed by atoms with Gasteiger partial charge in [0.2, 0.25) is 0 Å². The van der Waals surface area contributed by atoms with E-state index in [9.17, 15) is 13.6 Å². The monoisotopic (exact) mass is 557 g/mol. The van der Waals surface area contributed by atoms with Gasteiger partial charge in [0.15, 0.2) is 11.5 Å². The Morgan fingerprint density at radius 1 is 0.805 bits per heavy atom. The molecule has 4 aromatic rings. The van der Waals surface area contributed by atoms with Crippen molar-refractivity contribution in [2.24, 2.45) is 0 Å². The molecule has 41 heavy (non-hydrogen) atoms. The first-order chi connectivity index (χ1) is 20.0. The molecule has 8 nitrogen and oxygen atoms in total. The van der Waals surface area contributed by atoms with Crippen LogP contribution in [-0.4, -0.2) is 37.4 Å². The number of alkyl halides is 2. The number of urea groups is 1. The molecule has 2 aliphatic rings. The average molecular weight is 558 g/mol. The summed E-state index contributed by atoms with van der Waals surface area (Å²) in [5.41, 5.74) is 7.47. The number of carbonyl (C=O) groups is 1. The Balaban J connectivity index is 1.14. The van der Waals surface area contributed by atoms with Crippen molar-refractivity contribution in [3.05, 3.63) is 108 Å². The van der Waals surface area contributed by atoms with Gasteiger partial charge in [-0.2, -0.15) is 8.78 Å². The normalized spacial score (nSPS) is 14.1. The Labute approximate surface area is 234 Å². The zero-order valence-corrected chi connectivity index (χ0v) is 21.7. The molecule has 4 aromatic carbocycles. The van der Waals surface area contributed by atoms with E-state index in [-0.39, 0.29) is 11.8 Å². The summed E-state index contributed by atoms with van der Waals surface area (Å²) in [5.74, 6) is 2.37. The van der Waals surface area contributed by atoms with E-state index in [0.29, 0.717) is 48.4 Å². The van der Waals surface area contributed by atoms with Gasteiger partial charge in [0.05, 0.1) is 12.2 Å². The first kappa shape index (κ1) is 26.0. The van der Waals surface area contributed by atoms with Crippen molar-refractivity contribution in [2.45, 2.75) is 6.61 Å². The van der Waals surface area contributed by atoms with E-state index in [0.717, 1.165) is 22.4 Å². The molecule has 0 bridgehead atoms. The van der Waals surface area contributed by atoms with Crippen molar-refractivity contribution in [3.8, 4) is 28.7 Å². The van der Waals surface area contributed by atoms with Crippen LogP contribution in [-0.2, 0) is 0 Å². The summed E-state index contributed by atoms with van der Waals surface area (Å²) in [6, 6.07) is 28.0. The third-order valence-electron chi connectivity index (χ3n) is 6.45. The third-order valence-corrected chi connectivity index (χ3v) is 6.45. The molecule has 6 rings (SSSR count). The zero-order chi connectivity index (χ0) is 28.2. The van der Waals surface area contributed by atoms with Crippen molar-refractivity contribution in [2.75, 3.05) is 25.1 Å². The van der Waals surface area contributed by atoms with Crippen molar-refractivity contribution in [3.63, 3.8) is 0 Å². The van der Waals surface area contributed by atoms with Crippen molar-refractivity contribution < 1.29 is 32.5 Å². The molecule has 0 saturated heterocycles. The smallest absolute Gasteiger partial charge is 0.387 e. The van der Waals surface area contributed by atoms with E-state index in [1.807, 2.05) is 48.5 Å².